The summed E-state index contributed by atoms with van der Waals surface area (Å²) >= 11 is 0. The van der Waals surface area contributed by atoms with E-state index in [1.165, 1.54) is 0 Å². The van der Waals surface area contributed by atoms with Crippen molar-refractivity contribution < 1.29 is 19.0 Å². The third kappa shape index (κ3) is 4.12. The quantitative estimate of drug-likeness (QED) is 0.592. The topological polar surface area (TPSA) is 87.5 Å². The Morgan fingerprint density at radius 2 is 1.94 bits per heavy atom. The minimum absolute atomic E-state index is 0.0928. The summed E-state index contributed by atoms with van der Waals surface area (Å²) in [5.74, 6) is 2.61. The average molecular weight is 434 g/mol. The molecule has 1 saturated carbocycles. The Labute approximate surface area is 186 Å². The van der Waals surface area contributed by atoms with Gasteiger partial charge >= 0.3 is 6.01 Å². The highest BCUT2D eigenvalue weighted by Crippen LogP contribution is 2.36. The van der Waals surface area contributed by atoms with Crippen LogP contribution in [-0.2, 0) is 4.79 Å². The van der Waals surface area contributed by atoms with Gasteiger partial charge < -0.3 is 19.5 Å². The molecule has 3 aromatic rings. The van der Waals surface area contributed by atoms with Crippen molar-refractivity contribution in [2.75, 3.05) is 18.7 Å². The zero-order valence-corrected chi connectivity index (χ0v) is 18.2. The van der Waals surface area contributed by atoms with E-state index in [1.54, 1.807) is 4.68 Å². The minimum atomic E-state index is 0.0928. The fourth-order valence-electron chi connectivity index (χ4n) is 3.60. The molecule has 0 radical (unpaired) electrons. The molecule has 1 aromatic heterocycles. The molecule has 1 aliphatic carbocycles. The second-order valence-electron chi connectivity index (χ2n) is 8.57. The second kappa shape index (κ2) is 8.53. The van der Waals surface area contributed by atoms with Crippen molar-refractivity contribution in [3.63, 3.8) is 0 Å². The van der Waals surface area contributed by atoms with Crippen molar-refractivity contribution in [2.45, 2.75) is 33.1 Å². The van der Waals surface area contributed by atoms with Gasteiger partial charge in [0, 0.05) is 17.2 Å². The van der Waals surface area contributed by atoms with Crippen LogP contribution in [0.2, 0.25) is 0 Å². The number of carbonyl (C=O) groups is 1. The maximum atomic E-state index is 12.2. The smallest absolute Gasteiger partial charge is 0.336 e. The van der Waals surface area contributed by atoms with Gasteiger partial charge in [-0.15, -0.1) is 5.10 Å². The van der Waals surface area contributed by atoms with Crippen molar-refractivity contribution in [1.29, 1.82) is 0 Å². The van der Waals surface area contributed by atoms with E-state index in [1.807, 2.05) is 42.5 Å². The fourth-order valence-corrected chi connectivity index (χ4v) is 3.60. The molecule has 2 aliphatic rings. The predicted octanol–water partition coefficient (Wildman–Crippen LogP) is 4.44. The average Bonchev–Trinajstić information content (AvgIpc) is 3.38. The molecule has 166 valence electrons. The molecule has 5 rings (SSSR count). The number of rotatable bonds is 7. The van der Waals surface area contributed by atoms with Crippen molar-refractivity contribution in [3.8, 4) is 34.6 Å². The van der Waals surface area contributed by atoms with Gasteiger partial charge in [0.15, 0.2) is 17.3 Å². The lowest BCUT2D eigenvalue weighted by Gasteiger charge is -2.24. The molecule has 8 nitrogen and oxygen atoms in total. The number of hydrogen-bond donors (Lipinski definition) is 1. The SMILES string of the molecule is CC(C)COc1nc(-c2ccc3c(c2)OCO3)n(-c2ccc(NC(=O)C3CCC3)cc2)n1. The van der Waals surface area contributed by atoms with Crippen LogP contribution in [0.5, 0.6) is 17.5 Å². The molecule has 8 heteroatoms. The summed E-state index contributed by atoms with van der Waals surface area (Å²) in [6.45, 7) is 4.89. The molecule has 1 aliphatic heterocycles. The zero-order valence-electron chi connectivity index (χ0n) is 18.2. The lowest BCUT2D eigenvalue weighted by Crippen LogP contribution is -2.27. The van der Waals surface area contributed by atoms with E-state index in [9.17, 15) is 4.79 Å². The summed E-state index contributed by atoms with van der Waals surface area (Å²) in [6.07, 6.45) is 3.08. The van der Waals surface area contributed by atoms with E-state index in [2.05, 4.69) is 29.2 Å². The van der Waals surface area contributed by atoms with Gasteiger partial charge in [0.2, 0.25) is 12.7 Å². The Hall–Kier alpha value is -3.55. The van der Waals surface area contributed by atoms with Crippen molar-refractivity contribution in [1.82, 2.24) is 14.8 Å². The van der Waals surface area contributed by atoms with Gasteiger partial charge in [0.05, 0.1) is 12.3 Å². The van der Waals surface area contributed by atoms with Crippen LogP contribution in [0, 0.1) is 11.8 Å². The van der Waals surface area contributed by atoms with Gasteiger partial charge in [-0.1, -0.05) is 20.3 Å². The minimum Gasteiger partial charge on any atom is -0.462 e. The number of nitrogens with one attached hydrogen (secondary N) is 1. The largest absolute Gasteiger partial charge is 0.462 e. The van der Waals surface area contributed by atoms with Gasteiger partial charge in [0.25, 0.3) is 0 Å². The summed E-state index contributed by atoms with van der Waals surface area (Å²) in [7, 11) is 0. The van der Waals surface area contributed by atoms with E-state index in [4.69, 9.17) is 14.2 Å². The zero-order chi connectivity index (χ0) is 22.1. The Balaban J connectivity index is 1.44. The van der Waals surface area contributed by atoms with Gasteiger partial charge in [-0.25, -0.2) is 4.68 Å². The normalized spacial score (nSPS) is 15.0. The molecule has 32 heavy (non-hydrogen) atoms. The molecule has 0 unspecified atom stereocenters. The maximum absolute atomic E-state index is 12.2. The Kier molecular flexibility index (Phi) is 5.43. The Morgan fingerprint density at radius 3 is 2.66 bits per heavy atom. The van der Waals surface area contributed by atoms with Crippen LogP contribution >= 0.6 is 0 Å². The van der Waals surface area contributed by atoms with Crippen molar-refractivity contribution in [3.05, 3.63) is 42.5 Å². The summed E-state index contributed by atoms with van der Waals surface area (Å²) in [5, 5.41) is 7.58. The van der Waals surface area contributed by atoms with Crippen LogP contribution in [0.1, 0.15) is 33.1 Å². The van der Waals surface area contributed by atoms with Crippen LogP contribution in [-0.4, -0.2) is 34.1 Å². The maximum Gasteiger partial charge on any atom is 0.336 e. The standard InChI is InChI=1S/C24H26N4O4/c1-15(2)13-30-24-26-22(17-6-11-20-21(12-17)32-14-31-20)28(27-24)19-9-7-18(8-10-19)25-23(29)16-4-3-5-16/h6-12,15-16H,3-5,13-14H2,1-2H3,(H,25,29). The van der Waals surface area contributed by atoms with Crippen LogP contribution in [0.3, 0.4) is 0 Å². The first-order valence-corrected chi connectivity index (χ1v) is 11.0. The predicted molar refractivity (Wildman–Crippen MR) is 119 cm³/mol. The monoisotopic (exact) mass is 434 g/mol. The highest BCUT2D eigenvalue weighted by molar-refractivity contribution is 5.93. The number of aromatic nitrogens is 3. The van der Waals surface area contributed by atoms with Gasteiger partial charge in [-0.2, -0.15) is 4.98 Å². The van der Waals surface area contributed by atoms with E-state index in [0.717, 1.165) is 36.2 Å². The number of hydrogen-bond acceptors (Lipinski definition) is 6. The van der Waals surface area contributed by atoms with E-state index in [0.29, 0.717) is 35.9 Å². The highest BCUT2D eigenvalue weighted by atomic mass is 16.7. The van der Waals surface area contributed by atoms with Gasteiger partial charge in [-0.3, -0.25) is 4.79 Å². The molecular weight excluding hydrogens is 408 g/mol. The Morgan fingerprint density at radius 1 is 1.16 bits per heavy atom. The molecule has 0 spiro atoms. The lowest BCUT2D eigenvalue weighted by molar-refractivity contribution is -0.122. The molecule has 1 amide bonds. The van der Waals surface area contributed by atoms with E-state index >= 15 is 0 Å². The van der Waals surface area contributed by atoms with Crippen molar-refractivity contribution in [2.24, 2.45) is 11.8 Å². The first-order chi connectivity index (χ1) is 15.6. The number of carbonyl (C=O) groups excluding carboxylic acids is 1. The molecule has 0 saturated heterocycles. The molecule has 0 atom stereocenters. The van der Waals surface area contributed by atoms with Crippen LogP contribution in [0.15, 0.2) is 42.5 Å². The number of amides is 1. The first-order valence-electron chi connectivity index (χ1n) is 11.0. The summed E-state index contributed by atoms with van der Waals surface area (Å²) in [6, 6.07) is 13.6. The third-order valence-electron chi connectivity index (χ3n) is 5.62. The van der Waals surface area contributed by atoms with Crippen molar-refractivity contribution >= 4 is 11.6 Å². The number of benzene rings is 2. The van der Waals surface area contributed by atoms with Gasteiger partial charge in [-0.05, 0) is 61.2 Å². The van der Waals surface area contributed by atoms with Crippen LogP contribution in [0.25, 0.3) is 17.1 Å². The van der Waals surface area contributed by atoms with Crippen LogP contribution in [0.4, 0.5) is 5.69 Å². The van der Waals surface area contributed by atoms with Crippen LogP contribution < -0.4 is 19.5 Å². The summed E-state index contributed by atoms with van der Waals surface area (Å²) < 4.78 is 18.5. The number of nitrogens with zero attached hydrogens (tertiary/aromatic N) is 3. The molecule has 2 heterocycles. The molecule has 0 bridgehead atoms. The summed E-state index contributed by atoms with van der Waals surface area (Å²) in [4.78, 5) is 16.9. The second-order valence-corrected chi connectivity index (χ2v) is 8.57. The number of fused-ring (bicyclic) bond motifs is 1. The molecule has 1 fully saturated rings. The van der Waals surface area contributed by atoms with E-state index in [-0.39, 0.29) is 18.6 Å². The molecule has 1 N–H and O–H groups in total. The molecular formula is C24H26N4O4. The lowest BCUT2D eigenvalue weighted by atomic mass is 9.85. The van der Waals surface area contributed by atoms with Gasteiger partial charge in [0.1, 0.15) is 0 Å². The third-order valence-corrected chi connectivity index (χ3v) is 5.62. The Bertz CT molecular complexity index is 1120. The first kappa shape index (κ1) is 20.4. The fraction of sp³-hybridized carbons (Fsp3) is 0.375. The molecule has 2 aromatic carbocycles. The number of anilines is 1. The number of ether oxygens (including phenoxy) is 3. The summed E-state index contributed by atoms with van der Waals surface area (Å²) in [5.41, 5.74) is 2.42. The highest BCUT2D eigenvalue weighted by Gasteiger charge is 2.25. The van der Waals surface area contributed by atoms with E-state index < -0.39 is 0 Å².